The van der Waals surface area contributed by atoms with Gasteiger partial charge in [-0.1, -0.05) is 6.92 Å². The van der Waals surface area contributed by atoms with E-state index in [0.717, 1.165) is 19.5 Å². The van der Waals surface area contributed by atoms with E-state index in [4.69, 9.17) is 0 Å². The minimum absolute atomic E-state index is 0.685. The monoisotopic (exact) mass is 257 g/mol. The Hall–Kier alpha value is -0.130. The zero-order valence-corrected chi connectivity index (χ0v) is 11.4. The Bertz CT molecular complexity index is 308. The number of aryl methyl sites for hydroxylation is 1. The van der Waals surface area contributed by atoms with Crippen molar-refractivity contribution >= 4 is 23.1 Å². The lowest BCUT2D eigenvalue weighted by Crippen LogP contribution is -2.14. The molecule has 1 N–H and O–H groups in total. The average molecular weight is 257 g/mol. The van der Waals surface area contributed by atoms with Gasteiger partial charge in [-0.2, -0.15) is 11.8 Å². The van der Waals surface area contributed by atoms with Crippen molar-refractivity contribution in [1.82, 2.24) is 15.5 Å². The molecule has 0 saturated carbocycles. The molecule has 5 heteroatoms. The quantitative estimate of drug-likeness (QED) is 0.794. The van der Waals surface area contributed by atoms with Crippen molar-refractivity contribution in [3.05, 3.63) is 10.0 Å². The lowest BCUT2D eigenvalue weighted by molar-refractivity contribution is 0.668. The van der Waals surface area contributed by atoms with Gasteiger partial charge in [0.05, 0.1) is 0 Å². The summed E-state index contributed by atoms with van der Waals surface area (Å²) in [4.78, 5) is 0. The van der Waals surface area contributed by atoms with Crippen molar-refractivity contribution in [3.8, 4) is 0 Å². The molecular formula is C11H19N3S2. The molecule has 0 aromatic carbocycles. The average Bonchev–Trinajstić information content (AvgIpc) is 2.94. The normalized spacial score (nSPS) is 20.4. The van der Waals surface area contributed by atoms with Crippen LogP contribution in [-0.4, -0.2) is 34.8 Å². The number of nitrogens with one attached hydrogen (secondary N) is 1. The van der Waals surface area contributed by atoms with Crippen LogP contribution < -0.4 is 5.32 Å². The Morgan fingerprint density at radius 3 is 3.12 bits per heavy atom. The van der Waals surface area contributed by atoms with Crippen LogP contribution in [-0.2, 0) is 6.42 Å². The van der Waals surface area contributed by atoms with Crippen molar-refractivity contribution in [1.29, 1.82) is 0 Å². The predicted molar refractivity (Wildman–Crippen MR) is 71.5 cm³/mol. The Labute approximate surface area is 105 Å². The summed E-state index contributed by atoms with van der Waals surface area (Å²) in [7, 11) is 0. The number of rotatable bonds is 6. The van der Waals surface area contributed by atoms with Gasteiger partial charge in [0.1, 0.15) is 10.0 Å². The van der Waals surface area contributed by atoms with Crippen LogP contribution in [0.25, 0.3) is 0 Å². The molecule has 1 aliphatic heterocycles. The van der Waals surface area contributed by atoms with Gasteiger partial charge >= 0.3 is 0 Å². The van der Waals surface area contributed by atoms with Gasteiger partial charge in [-0.25, -0.2) is 0 Å². The Balaban J connectivity index is 1.77. The summed E-state index contributed by atoms with van der Waals surface area (Å²) in [6, 6.07) is 0. The topological polar surface area (TPSA) is 37.8 Å². The summed E-state index contributed by atoms with van der Waals surface area (Å²) in [5.74, 6) is 3.22. The molecule has 0 radical (unpaired) electrons. The second-order valence-electron chi connectivity index (χ2n) is 4.05. The van der Waals surface area contributed by atoms with Crippen LogP contribution >= 0.6 is 23.1 Å². The fourth-order valence-corrected chi connectivity index (χ4v) is 4.15. The smallest absolute Gasteiger partial charge is 0.121 e. The van der Waals surface area contributed by atoms with E-state index in [0.29, 0.717) is 5.92 Å². The Morgan fingerprint density at radius 1 is 1.44 bits per heavy atom. The van der Waals surface area contributed by atoms with Gasteiger partial charge < -0.3 is 5.32 Å². The van der Waals surface area contributed by atoms with E-state index < -0.39 is 0 Å². The van der Waals surface area contributed by atoms with Crippen LogP contribution in [0.2, 0.25) is 0 Å². The first kappa shape index (κ1) is 12.3. The largest absolute Gasteiger partial charge is 0.317 e. The third-order valence-corrected chi connectivity index (χ3v) is 5.06. The highest BCUT2D eigenvalue weighted by Gasteiger charge is 2.21. The second-order valence-corrected chi connectivity index (χ2v) is 6.30. The summed E-state index contributed by atoms with van der Waals surface area (Å²) in [5, 5.41) is 14.4. The minimum Gasteiger partial charge on any atom is -0.317 e. The molecule has 1 atom stereocenters. The van der Waals surface area contributed by atoms with Crippen molar-refractivity contribution in [2.75, 3.05) is 24.6 Å². The van der Waals surface area contributed by atoms with E-state index in [1.54, 1.807) is 0 Å². The molecule has 3 nitrogen and oxygen atoms in total. The number of thioether (sulfide) groups is 1. The molecule has 1 aliphatic rings. The zero-order valence-electron chi connectivity index (χ0n) is 9.74. The SMILES string of the molecule is CCNCCCc1nnc(C2CCSC2)s1. The summed E-state index contributed by atoms with van der Waals surface area (Å²) in [5.41, 5.74) is 0. The molecule has 1 aromatic heterocycles. The van der Waals surface area contributed by atoms with Gasteiger partial charge in [-0.15, -0.1) is 21.5 Å². The first-order chi connectivity index (χ1) is 7.90. The molecule has 16 heavy (non-hydrogen) atoms. The molecule has 0 spiro atoms. The molecule has 0 amide bonds. The molecule has 0 bridgehead atoms. The van der Waals surface area contributed by atoms with Crippen molar-refractivity contribution in [3.63, 3.8) is 0 Å². The molecule has 2 rings (SSSR count). The molecule has 1 saturated heterocycles. The van der Waals surface area contributed by atoms with E-state index >= 15 is 0 Å². The standard InChI is InChI=1S/C11H19N3S2/c1-2-12-6-3-4-10-13-14-11(16-10)9-5-7-15-8-9/h9,12H,2-8H2,1H3. The van der Waals surface area contributed by atoms with Gasteiger partial charge in [-0.05, 0) is 31.7 Å². The highest BCUT2D eigenvalue weighted by molar-refractivity contribution is 7.99. The number of hydrogen-bond donors (Lipinski definition) is 1. The molecule has 1 unspecified atom stereocenters. The van der Waals surface area contributed by atoms with Crippen molar-refractivity contribution in [2.24, 2.45) is 0 Å². The van der Waals surface area contributed by atoms with E-state index in [1.807, 2.05) is 23.1 Å². The first-order valence-electron chi connectivity index (χ1n) is 6.01. The summed E-state index contributed by atoms with van der Waals surface area (Å²) < 4.78 is 0. The predicted octanol–water partition coefficient (Wildman–Crippen LogP) is 2.30. The number of aromatic nitrogens is 2. The van der Waals surface area contributed by atoms with Crippen LogP contribution in [0, 0.1) is 0 Å². The van der Waals surface area contributed by atoms with Gasteiger partial charge in [-0.3, -0.25) is 0 Å². The fourth-order valence-electron chi connectivity index (χ4n) is 1.80. The molecule has 1 fully saturated rings. The van der Waals surface area contributed by atoms with Crippen molar-refractivity contribution in [2.45, 2.75) is 32.1 Å². The molecule has 2 heterocycles. The molecule has 0 aliphatic carbocycles. The summed E-state index contributed by atoms with van der Waals surface area (Å²) >= 11 is 3.86. The number of nitrogens with zero attached hydrogens (tertiary/aromatic N) is 2. The van der Waals surface area contributed by atoms with Crippen LogP contribution in [0.15, 0.2) is 0 Å². The van der Waals surface area contributed by atoms with Gasteiger partial charge in [0.25, 0.3) is 0 Å². The maximum Gasteiger partial charge on any atom is 0.121 e. The van der Waals surface area contributed by atoms with Crippen molar-refractivity contribution < 1.29 is 0 Å². The maximum absolute atomic E-state index is 4.33. The van der Waals surface area contributed by atoms with Crippen LogP contribution in [0.1, 0.15) is 35.7 Å². The van der Waals surface area contributed by atoms with E-state index in [-0.39, 0.29) is 0 Å². The van der Waals surface area contributed by atoms with E-state index in [9.17, 15) is 0 Å². The van der Waals surface area contributed by atoms with Crippen LogP contribution in [0.5, 0.6) is 0 Å². The maximum atomic E-state index is 4.33. The van der Waals surface area contributed by atoms with Gasteiger partial charge in [0.15, 0.2) is 0 Å². The number of hydrogen-bond acceptors (Lipinski definition) is 5. The van der Waals surface area contributed by atoms with E-state index in [1.165, 1.54) is 34.4 Å². The highest BCUT2D eigenvalue weighted by atomic mass is 32.2. The second kappa shape index (κ2) is 6.57. The van der Waals surface area contributed by atoms with Gasteiger partial charge in [0, 0.05) is 18.1 Å². The molecular weight excluding hydrogens is 238 g/mol. The van der Waals surface area contributed by atoms with Crippen LogP contribution in [0.3, 0.4) is 0 Å². The van der Waals surface area contributed by atoms with Gasteiger partial charge in [0.2, 0.25) is 0 Å². The highest BCUT2D eigenvalue weighted by Crippen LogP contribution is 2.33. The summed E-state index contributed by atoms with van der Waals surface area (Å²) in [6.07, 6.45) is 3.53. The minimum atomic E-state index is 0.685. The van der Waals surface area contributed by atoms with E-state index in [2.05, 4.69) is 22.4 Å². The zero-order chi connectivity index (χ0) is 11.2. The third-order valence-electron chi connectivity index (χ3n) is 2.76. The lowest BCUT2D eigenvalue weighted by atomic mass is 10.1. The Kier molecular flexibility index (Phi) is 5.06. The summed E-state index contributed by atoms with van der Waals surface area (Å²) in [6.45, 7) is 4.28. The third kappa shape index (κ3) is 3.43. The fraction of sp³-hybridized carbons (Fsp3) is 0.818. The molecule has 90 valence electrons. The lowest BCUT2D eigenvalue weighted by Gasteiger charge is -2.00. The van der Waals surface area contributed by atoms with Crippen LogP contribution in [0.4, 0.5) is 0 Å². The Morgan fingerprint density at radius 2 is 2.38 bits per heavy atom. The molecule has 1 aromatic rings. The first-order valence-corrected chi connectivity index (χ1v) is 7.98.